The fraction of sp³-hybridized carbons (Fsp3) is 0.211. The Bertz CT molecular complexity index is 1010. The average molecular weight is 370 g/mol. The van der Waals surface area contributed by atoms with Gasteiger partial charge in [0.25, 0.3) is 5.56 Å². The summed E-state index contributed by atoms with van der Waals surface area (Å²) in [5.74, 6) is 0.587. The molecule has 6 nitrogen and oxygen atoms in total. The molecule has 1 aromatic heterocycles. The third kappa shape index (κ3) is 4.20. The second kappa shape index (κ2) is 8.00. The largest absolute Gasteiger partial charge is 0.491 e. The molecule has 0 aliphatic rings. The number of halogens is 1. The lowest BCUT2D eigenvalue weighted by Gasteiger charge is -2.14. The molecular weight excluding hydrogens is 354 g/mol. The summed E-state index contributed by atoms with van der Waals surface area (Å²) in [7, 11) is 0. The first-order valence-corrected chi connectivity index (χ1v) is 8.36. The summed E-state index contributed by atoms with van der Waals surface area (Å²) >= 11 is 5.90. The molecule has 0 amide bonds. The fourth-order valence-electron chi connectivity index (χ4n) is 2.53. The first kappa shape index (κ1) is 17.9. The van der Waals surface area contributed by atoms with Crippen molar-refractivity contribution in [1.82, 2.24) is 9.55 Å². The van der Waals surface area contributed by atoms with Gasteiger partial charge in [0, 0.05) is 5.02 Å². The average Bonchev–Trinajstić information content (AvgIpc) is 2.64. The normalized spacial score (nSPS) is 11.9. The monoisotopic (exact) mass is 369 g/mol. The van der Waals surface area contributed by atoms with Gasteiger partial charge >= 0.3 is 0 Å². The highest BCUT2D eigenvalue weighted by atomic mass is 35.5. The van der Waals surface area contributed by atoms with Gasteiger partial charge < -0.3 is 9.84 Å². The highest BCUT2D eigenvalue weighted by Gasteiger charge is 2.10. The Kier molecular flexibility index (Phi) is 5.52. The van der Waals surface area contributed by atoms with Crippen LogP contribution in [-0.4, -0.2) is 27.4 Å². The number of hydrogen-bond donors (Lipinski definition) is 1. The Morgan fingerprint density at radius 1 is 1.27 bits per heavy atom. The third-order valence-electron chi connectivity index (χ3n) is 3.84. The van der Waals surface area contributed by atoms with Crippen LogP contribution < -0.4 is 10.3 Å². The molecule has 1 heterocycles. The van der Waals surface area contributed by atoms with Crippen molar-refractivity contribution in [1.29, 1.82) is 5.26 Å². The highest BCUT2D eigenvalue weighted by Crippen LogP contribution is 2.15. The van der Waals surface area contributed by atoms with Crippen LogP contribution >= 0.6 is 11.6 Å². The minimum atomic E-state index is -0.877. The Hall–Kier alpha value is -2.88. The van der Waals surface area contributed by atoms with Crippen molar-refractivity contribution in [2.45, 2.75) is 19.1 Å². The molecule has 0 bridgehead atoms. The van der Waals surface area contributed by atoms with E-state index in [1.807, 2.05) is 0 Å². The van der Waals surface area contributed by atoms with Gasteiger partial charge in [0.2, 0.25) is 0 Å². The summed E-state index contributed by atoms with van der Waals surface area (Å²) in [5, 5.41) is 19.8. The predicted molar refractivity (Wildman–Crippen MR) is 98.3 cm³/mol. The van der Waals surface area contributed by atoms with Gasteiger partial charge in [0.15, 0.2) is 0 Å². The topological polar surface area (TPSA) is 88.1 Å². The molecule has 0 unspecified atom stereocenters. The van der Waals surface area contributed by atoms with Crippen LogP contribution in [0, 0.1) is 11.3 Å². The molecule has 132 valence electrons. The number of benzene rings is 2. The number of aliphatic hydroxyl groups excluding tert-OH is 1. The molecule has 0 saturated heterocycles. The van der Waals surface area contributed by atoms with Gasteiger partial charge in [-0.3, -0.25) is 9.36 Å². The van der Waals surface area contributed by atoms with Crippen LogP contribution in [-0.2, 0) is 13.0 Å². The van der Waals surface area contributed by atoms with Crippen LogP contribution in [0.15, 0.2) is 53.6 Å². The van der Waals surface area contributed by atoms with Crippen LogP contribution in [0.1, 0.15) is 5.56 Å². The van der Waals surface area contributed by atoms with Crippen molar-refractivity contribution >= 4 is 22.5 Å². The number of aromatic nitrogens is 2. The first-order valence-electron chi connectivity index (χ1n) is 7.98. The molecule has 26 heavy (non-hydrogen) atoms. The molecule has 0 aliphatic carbocycles. The molecule has 0 radical (unpaired) electrons. The van der Waals surface area contributed by atoms with E-state index in [0.717, 1.165) is 5.56 Å². The molecule has 0 spiro atoms. The van der Waals surface area contributed by atoms with Crippen LogP contribution in [0.5, 0.6) is 5.75 Å². The predicted octanol–water partition coefficient (Wildman–Crippen LogP) is 2.56. The summed E-state index contributed by atoms with van der Waals surface area (Å²) < 4.78 is 6.88. The fourth-order valence-corrected chi connectivity index (χ4v) is 2.69. The first-order chi connectivity index (χ1) is 12.6. The van der Waals surface area contributed by atoms with E-state index in [0.29, 0.717) is 28.1 Å². The summed E-state index contributed by atoms with van der Waals surface area (Å²) in [5.41, 5.74) is 1.17. The van der Waals surface area contributed by atoms with E-state index in [4.69, 9.17) is 21.6 Å². The SMILES string of the molecule is N#CCc1ccc(OC[C@@H](O)Cn2cnc3cc(Cl)ccc3c2=O)cc1. The summed E-state index contributed by atoms with van der Waals surface area (Å²) in [6, 6.07) is 14.0. The minimum absolute atomic E-state index is 0.0304. The molecule has 0 fully saturated rings. The summed E-state index contributed by atoms with van der Waals surface area (Å²) in [4.78, 5) is 16.7. The Morgan fingerprint density at radius 2 is 2.04 bits per heavy atom. The van der Waals surface area contributed by atoms with Gasteiger partial charge in [-0.15, -0.1) is 0 Å². The smallest absolute Gasteiger partial charge is 0.261 e. The maximum atomic E-state index is 12.5. The van der Waals surface area contributed by atoms with Crippen molar-refractivity contribution < 1.29 is 9.84 Å². The van der Waals surface area contributed by atoms with Crippen LogP contribution in [0.2, 0.25) is 5.02 Å². The van der Waals surface area contributed by atoms with Gasteiger partial charge in [-0.1, -0.05) is 23.7 Å². The lowest BCUT2D eigenvalue weighted by molar-refractivity contribution is 0.0915. The molecule has 3 rings (SSSR count). The van der Waals surface area contributed by atoms with E-state index in [-0.39, 0.29) is 18.7 Å². The zero-order valence-corrected chi connectivity index (χ0v) is 14.6. The Balaban J connectivity index is 1.64. The lowest BCUT2D eigenvalue weighted by Crippen LogP contribution is -2.30. The summed E-state index contributed by atoms with van der Waals surface area (Å²) in [6.07, 6.45) is 0.852. The van der Waals surface area contributed by atoms with E-state index in [1.165, 1.54) is 10.9 Å². The molecule has 2 aromatic carbocycles. The molecule has 7 heteroatoms. The van der Waals surface area contributed by atoms with Crippen molar-refractivity contribution in [3.05, 3.63) is 69.7 Å². The maximum absolute atomic E-state index is 12.5. The summed E-state index contributed by atoms with van der Waals surface area (Å²) in [6.45, 7) is 0.0968. The highest BCUT2D eigenvalue weighted by molar-refractivity contribution is 6.31. The van der Waals surface area contributed by atoms with Gasteiger partial charge in [-0.25, -0.2) is 4.98 Å². The molecule has 1 N–H and O–H groups in total. The molecule has 0 saturated carbocycles. The number of nitrogens with zero attached hydrogens (tertiary/aromatic N) is 3. The number of aliphatic hydroxyl groups is 1. The van der Waals surface area contributed by atoms with Crippen molar-refractivity contribution in [3.63, 3.8) is 0 Å². The molecule has 1 atom stereocenters. The van der Waals surface area contributed by atoms with Crippen molar-refractivity contribution in [2.75, 3.05) is 6.61 Å². The van der Waals surface area contributed by atoms with Crippen LogP contribution in [0.25, 0.3) is 10.9 Å². The quantitative estimate of drug-likeness (QED) is 0.721. The van der Waals surface area contributed by atoms with Gasteiger partial charge in [-0.05, 0) is 35.9 Å². The maximum Gasteiger partial charge on any atom is 0.261 e. The number of ether oxygens (including phenoxy) is 1. The zero-order valence-electron chi connectivity index (χ0n) is 13.8. The molecule has 3 aromatic rings. The van der Waals surface area contributed by atoms with E-state index >= 15 is 0 Å². The molecule has 0 aliphatic heterocycles. The lowest BCUT2D eigenvalue weighted by atomic mass is 10.2. The Labute approximate surface area is 154 Å². The van der Waals surface area contributed by atoms with Gasteiger partial charge in [-0.2, -0.15) is 5.26 Å². The minimum Gasteiger partial charge on any atom is -0.491 e. The second-order valence-corrected chi connectivity index (χ2v) is 6.24. The standard InChI is InChI=1S/C19H16ClN3O3/c20-14-3-6-17-18(9-14)22-12-23(19(17)25)10-15(24)11-26-16-4-1-13(2-5-16)7-8-21/h1-6,9,12,15,24H,7,10-11H2/t15-/m0/s1. The van der Waals surface area contributed by atoms with Crippen LogP contribution in [0.3, 0.4) is 0 Å². The zero-order chi connectivity index (χ0) is 18.5. The van der Waals surface area contributed by atoms with E-state index in [1.54, 1.807) is 42.5 Å². The van der Waals surface area contributed by atoms with E-state index < -0.39 is 6.10 Å². The third-order valence-corrected chi connectivity index (χ3v) is 4.08. The van der Waals surface area contributed by atoms with E-state index in [9.17, 15) is 9.90 Å². The Morgan fingerprint density at radius 3 is 2.77 bits per heavy atom. The number of hydrogen-bond acceptors (Lipinski definition) is 5. The van der Waals surface area contributed by atoms with Crippen molar-refractivity contribution in [3.8, 4) is 11.8 Å². The molecular formula is C19H16ClN3O3. The number of nitriles is 1. The van der Waals surface area contributed by atoms with E-state index in [2.05, 4.69) is 11.1 Å². The van der Waals surface area contributed by atoms with Crippen LogP contribution in [0.4, 0.5) is 0 Å². The second-order valence-electron chi connectivity index (χ2n) is 5.81. The van der Waals surface area contributed by atoms with Gasteiger partial charge in [0.1, 0.15) is 18.5 Å². The number of fused-ring (bicyclic) bond motifs is 1. The number of rotatable bonds is 6. The van der Waals surface area contributed by atoms with Gasteiger partial charge in [0.05, 0.1) is 36.3 Å². The van der Waals surface area contributed by atoms with Crippen molar-refractivity contribution in [2.24, 2.45) is 0 Å².